The molecule has 0 amide bonds. The molecule has 0 saturated heterocycles. The second-order valence-electron chi connectivity index (χ2n) is 3.62. The summed E-state index contributed by atoms with van der Waals surface area (Å²) in [4.78, 5) is 0.581. The molecule has 2 rings (SSSR count). The lowest BCUT2D eigenvalue weighted by Crippen LogP contribution is -2.22. The molecule has 2 saturated carbocycles. The van der Waals surface area contributed by atoms with Gasteiger partial charge in [-0.25, -0.2) is 0 Å². The molecule has 2 aliphatic carbocycles. The summed E-state index contributed by atoms with van der Waals surface area (Å²) in [6.07, 6.45) is 3.20. The van der Waals surface area contributed by atoms with Crippen LogP contribution in [0.2, 0.25) is 0 Å². The number of hydrogen-bond acceptors (Lipinski definition) is 1. The van der Waals surface area contributed by atoms with E-state index in [1.54, 1.807) is 0 Å². The summed E-state index contributed by atoms with van der Waals surface area (Å²) in [6, 6.07) is 0. The van der Waals surface area contributed by atoms with Gasteiger partial charge in [-0.15, -0.1) is 0 Å². The monoisotopic (exact) mass is 190 g/mol. The van der Waals surface area contributed by atoms with Crippen molar-refractivity contribution in [1.82, 2.24) is 0 Å². The van der Waals surface area contributed by atoms with Crippen LogP contribution in [0.25, 0.3) is 0 Å². The fourth-order valence-electron chi connectivity index (χ4n) is 1.48. The molecule has 0 aromatic rings. The summed E-state index contributed by atoms with van der Waals surface area (Å²) >= 11 is 3.52. The van der Waals surface area contributed by atoms with Gasteiger partial charge in [0.05, 0.1) is 5.60 Å². The van der Waals surface area contributed by atoms with E-state index in [1.807, 2.05) is 0 Å². The Morgan fingerprint density at radius 1 is 1.56 bits per heavy atom. The van der Waals surface area contributed by atoms with Crippen LogP contribution < -0.4 is 0 Å². The van der Waals surface area contributed by atoms with Crippen molar-refractivity contribution in [1.29, 1.82) is 0 Å². The number of halogens is 1. The van der Waals surface area contributed by atoms with Gasteiger partial charge in [0, 0.05) is 10.2 Å². The Bertz CT molecular complexity index is 153. The Morgan fingerprint density at radius 2 is 2.00 bits per heavy atom. The highest BCUT2D eigenvalue weighted by Gasteiger charge is 2.67. The lowest BCUT2D eigenvalue weighted by molar-refractivity contribution is 0.0781. The number of aliphatic hydroxyl groups is 1. The van der Waals surface area contributed by atoms with Gasteiger partial charge >= 0.3 is 0 Å². The van der Waals surface area contributed by atoms with Crippen molar-refractivity contribution in [2.75, 3.05) is 0 Å². The smallest absolute Gasteiger partial charge is 0.0714 e. The van der Waals surface area contributed by atoms with Gasteiger partial charge in [0.2, 0.25) is 0 Å². The quantitative estimate of drug-likeness (QED) is 0.625. The molecule has 0 bridgehead atoms. The third kappa shape index (κ3) is 0.637. The van der Waals surface area contributed by atoms with Crippen molar-refractivity contribution in [3.05, 3.63) is 0 Å². The molecule has 1 nitrogen and oxygen atoms in total. The maximum Gasteiger partial charge on any atom is 0.0714 e. The van der Waals surface area contributed by atoms with Crippen molar-refractivity contribution >= 4 is 15.9 Å². The molecule has 2 fully saturated rings. The first-order chi connectivity index (χ1) is 4.08. The lowest BCUT2D eigenvalue weighted by atomic mass is 10.0. The molecule has 0 aliphatic heterocycles. The Balaban J connectivity index is 2.14. The van der Waals surface area contributed by atoms with Crippen LogP contribution in [0.1, 0.15) is 26.2 Å². The fraction of sp³-hybridized carbons (Fsp3) is 1.00. The van der Waals surface area contributed by atoms with Gasteiger partial charge in [-0.1, -0.05) is 22.9 Å². The maximum absolute atomic E-state index is 9.67. The Labute approximate surface area is 63.6 Å². The second kappa shape index (κ2) is 1.37. The van der Waals surface area contributed by atoms with E-state index in [2.05, 4.69) is 22.9 Å². The van der Waals surface area contributed by atoms with Gasteiger partial charge in [-0.05, 0) is 19.3 Å². The average molecular weight is 191 g/mol. The van der Waals surface area contributed by atoms with E-state index in [0.717, 1.165) is 19.3 Å². The minimum atomic E-state index is -0.277. The molecule has 0 aromatic carbocycles. The predicted octanol–water partition coefficient (Wildman–Crippen LogP) is 1.68. The van der Waals surface area contributed by atoms with Crippen LogP contribution in [0.3, 0.4) is 0 Å². The van der Waals surface area contributed by atoms with Crippen molar-refractivity contribution in [3.63, 3.8) is 0 Å². The minimum absolute atomic E-state index is 0.229. The molecule has 1 N–H and O–H groups in total. The molecule has 0 radical (unpaired) electrons. The van der Waals surface area contributed by atoms with Gasteiger partial charge in [-0.2, -0.15) is 0 Å². The molecule has 2 aliphatic rings. The minimum Gasteiger partial charge on any atom is -0.389 e. The van der Waals surface area contributed by atoms with E-state index >= 15 is 0 Å². The van der Waals surface area contributed by atoms with Gasteiger partial charge in [0.15, 0.2) is 0 Å². The molecule has 0 spiro atoms. The van der Waals surface area contributed by atoms with Crippen LogP contribution in [0.5, 0.6) is 0 Å². The molecule has 0 aromatic heterocycles. The summed E-state index contributed by atoms with van der Waals surface area (Å²) in [7, 11) is 0. The third-order valence-electron chi connectivity index (χ3n) is 2.92. The number of rotatable bonds is 1. The Kier molecular flexibility index (Phi) is 0.942. The Hall–Kier alpha value is 0.440. The zero-order valence-corrected chi connectivity index (χ0v) is 7.11. The summed E-state index contributed by atoms with van der Waals surface area (Å²) < 4.78 is 0. The zero-order valence-electron chi connectivity index (χ0n) is 5.52. The second-order valence-corrected chi connectivity index (χ2v) is 4.73. The first kappa shape index (κ1) is 6.17. The van der Waals surface area contributed by atoms with Gasteiger partial charge in [0.25, 0.3) is 0 Å². The van der Waals surface area contributed by atoms with E-state index in [1.165, 1.54) is 0 Å². The van der Waals surface area contributed by atoms with Crippen LogP contribution in [0.15, 0.2) is 0 Å². The van der Waals surface area contributed by atoms with E-state index in [-0.39, 0.29) is 11.0 Å². The SMILES string of the molecule is C[C@]1(C2(O)CC2)CC1Br. The van der Waals surface area contributed by atoms with Crippen LogP contribution in [0, 0.1) is 5.41 Å². The largest absolute Gasteiger partial charge is 0.389 e. The molecular formula is C7H11BrO. The summed E-state index contributed by atoms with van der Waals surface area (Å²) in [5.74, 6) is 0. The van der Waals surface area contributed by atoms with Crippen LogP contribution >= 0.6 is 15.9 Å². The van der Waals surface area contributed by atoms with E-state index < -0.39 is 0 Å². The van der Waals surface area contributed by atoms with Crippen LogP contribution in [-0.2, 0) is 0 Å². The van der Waals surface area contributed by atoms with Crippen molar-refractivity contribution in [2.45, 2.75) is 36.6 Å². The molecular weight excluding hydrogens is 180 g/mol. The van der Waals surface area contributed by atoms with Crippen LogP contribution in [-0.4, -0.2) is 15.5 Å². The van der Waals surface area contributed by atoms with Crippen molar-refractivity contribution < 1.29 is 5.11 Å². The maximum atomic E-state index is 9.67. The standard InChI is InChI=1S/C7H11BrO/c1-6(4-5(6)8)7(9)2-3-7/h5,9H,2-4H2,1H3/t5?,6-/m0/s1. The van der Waals surface area contributed by atoms with E-state index in [0.29, 0.717) is 4.83 Å². The van der Waals surface area contributed by atoms with Crippen LogP contribution in [0.4, 0.5) is 0 Å². The molecule has 9 heavy (non-hydrogen) atoms. The fourth-order valence-corrected chi connectivity index (χ4v) is 2.58. The van der Waals surface area contributed by atoms with Gasteiger partial charge in [-0.3, -0.25) is 0 Å². The van der Waals surface area contributed by atoms with Crippen molar-refractivity contribution in [2.24, 2.45) is 5.41 Å². The molecule has 2 heteroatoms. The van der Waals surface area contributed by atoms with Gasteiger partial charge in [0.1, 0.15) is 0 Å². The average Bonchev–Trinajstić information content (AvgIpc) is 2.57. The topological polar surface area (TPSA) is 20.2 Å². The molecule has 1 unspecified atom stereocenters. The summed E-state index contributed by atoms with van der Waals surface area (Å²) in [5, 5.41) is 9.67. The number of alkyl halides is 1. The highest BCUT2D eigenvalue weighted by molar-refractivity contribution is 9.09. The van der Waals surface area contributed by atoms with E-state index in [4.69, 9.17) is 0 Å². The van der Waals surface area contributed by atoms with Gasteiger partial charge < -0.3 is 5.11 Å². The van der Waals surface area contributed by atoms with E-state index in [9.17, 15) is 5.11 Å². The highest BCUT2D eigenvalue weighted by atomic mass is 79.9. The molecule has 52 valence electrons. The predicted molar refractivity (Wildman–Crippen MR) is 39.6 cm³/mol. The first-order valence-electron chi connectivity index (χ1n) is 3.45. The van der Waals surface area contributed by atoms with Crippen molar-refractivity contribution in [3.8, 4) is 0 Å². The molecule has 2 atom stereocenters. The summed E-state index contributed by atoms with van der Waals surface area (Å²) in [6.45, 7) is 2.17. The summed E-state index contributed by atoms with van der Waals surface area (Å²) in [5.41, 5.74) is -0.0475. The first-order valence-corrected chi connectivity index (χ1v) is 4.37. The highest BCUT2D eigenvalue weighted by Crippen LogP contribution is 2.66. The lowest BCUT2D eigenvalue weighted by Gasteiger charge is -2.15. The Morgan fingerprint density at radius 3 is 2.11 bits per heavy atom. The molecule has 0 heterocycles. The normalized spacial score (nSPS) is 53.0. The zero-order chi connectivity index (χ0) is 6.70. The third-order valence-corrected chi connectivity index (χ3v) is 4.26. The number of hydrogen-bond donors (Lipinski definition) is 1.